The van der Waals surface area contributed by atoms with Crippen molar-refractivity contribution in [3.8, 4) is 0 Å². The average molecular weight is 294 g/mol. The third-order valence-electron chi connectivity index (χ3n) is 3.47. The summed E-state index contributed by atoms with van der Waals surface area (Å²) in [6, 6.07) is 4.21. The van der Waals surface area contributed by atoms with Gasteiger partial charge in [0.15, 0.2) is 0 Å². The summed E-state index contributed by atoms with van der Waals surface area (Å²) in [6.45, 7) is 1.91. The predicted octanol–water partition coefficient (Wildman–Crippen LogP) is 1.78. The third-order valence-corrected chi connectivity index (χ3v) is 3.96. The van der Waals surface area contributed by atoms with Crippen LogP contribution in [0.1, 0.15) is 23.4 Å². The van der Waals surface area contributed by atoms with Crippen LogP contribution in [0.4, 0.5) is 0 Å². The molecule has 2 rings (SSSR count). The second-order valence-corrected chi connectivity index (χ2v) is 5.31. The number of hydrazine groups is 1. The zero-order valence-electron chi connectivity index (χ0n) is 11.8. The van der Waals surface area contributed by atoms with Gasteiger partial charge in [-0.2, -0.15) is 5.10 Å². The van der Waals surface area contributed by atoms with Crippen molar-refractivity contribution in [2.75, 3.05) is 0 Å². The first-order valence-corrected chi connectivity index (χ1v) is 7.02. The van der Waals surface area contributed by atoms with E-state index < -0.39 is 0 Å². The molecule has 0 aliphatic rings. The van der Waals surface area contributed by atoms with Crippen LogP contribution >= 0.6 is 11.6 Å². The number of aryl methyl sites for hydroxylation is 3. The molecule has 108 valence electrons. The van der Waals surface area contributed by atoms with Crippen molar-refractivity contribution >= 4 is 11.6 Å². The summed E-state index contributed by atoms with van der Waals surface area (Å²) in [5.74, 6) is 5.66. The summed E-state index contributed by atoms with van der Waals surface area (Å²) in [5.41, 5.74) is 6.00. The molecule has 1 atom stereocenters. The second-order valence-electron chi connectivity index (χ2n) is 4.93. The van der Waals surface area contributed by atoms with Gasteiger partial charge in [-0.1, -0.05) is 11.6 Å². The van der Waals surface area contributed by atoms with Crippen LogP contribution in [0.2, 0.25) is 5.02 Å². The first kappa shape index (κ1) is 15.0. The number of pyridine rings is 1. The monoisotopic (exact) mass is 293 g/mol. The minimum atomic E-state index is 0.162. The maximum atomic E-state index is 6.27. The molecular weight excluding hydrogens is 274 g/mol. The van der Waals surface area contributed by atoms with Gasteiger partial charge in [0, 0.05) is 31.9 Å². The van der Waals surface area contributed by atoms with E-state index in [2.05, 4.69) is 15.5 Å². The summed E-state index contributed by atoms with van der Waals surface area (Å²) in [6.07, 6.45) is 6.26. The Kier molecular flexibility index (Phi) is 5.11. The van der Waals surface area contributed by atoms with E-state index in [1.54, 1.807) is 0 Å². The molecule has 0 bridgehead atoms. The van der Waals surface area contributed by atoms with Crippen molar-refractivity contribution in [3.05, 3.63) is 46.5 Å². The van der Waals surface area contributed by atoms with Crippen LogP contribution in [-0.4, -0.2) is 20.8 Å². The van der Waals surface area contributed by atoms with Gasteiger partial charge in [-0.25, -0.2) is 0 Å². The van der Waals surface area contributed by atoms with Crippen LogP contribution in [0.25, 0.3) is 0 Å². The van der Waals surface area contributed by atoms with E-state index >= 15 is 0 Å². The van der Waals surface area contributed by atoms with Crippen molar-refractivity contribution in [1.82, 2.24) is 20.2 Å². The third kappa shape index (κ3) is 3.56. The van der Waals surface area contributed by atoms with E-state index in [1.165, 1.54) is 5.56 Å². The lowest BCUT2D eigenvalue weighted by Crippen LogP contribution is -2.37. The van der Waals surface area contributed by atoms with E-state index in [1.807, 2.05) is 43.2 Å². The summed E-state index contributed by atoms with van der Waals surface area (Å²) < 4.78 is 1.83. The number of hydrogen-bond donors (Lipinski definition) is 2. The van der Waals surface area contributed by atoms with Gasteiger partial charge in [0.25, 0.3) is 0 Å². The lowest BCUT2D eigenvalue weighted by molar-refractivity contribution is 0.477. The summed E-state index contributed by atoms with van der Waals surface area (Å²) in [4.78, 5) is 4.02. The molecule has 2 aromatic heterocycles. The highest BCUT2D eigenvalue weighted by molar-refractivity contribution is 6.31. The predicted molar refractivity (Wildman–Crippen MR) is 80.3 cm³/mol. The minimum absolute atomic E-state index is 0.162. The Hall–Kier alpha value is -1.43. The first-order chi connectivity index (χ1) is 9.61. The summed E-state index contributed by atoms with van der Waals surface area (Å²) in [5, 5.41) is 5.06. The largest absolute Gasteiger partial charge is 0.271 e. The Morgan fingerprint density at radius 1 is 1.40 bits per heavy atom. The molecule has 5 nitrogen and oxygen atoms in total. The Labute approximate surface area is 124 Å². The molecule has 0 saturated heterocycles. The Morgan fingerprint density at radius 3 is 2.65 bits per heavy atom. The topological polar surface area (TPSA) is 68.8 Å². The van der Waals surface area contributed by atoms with Gasteiger partial charge < -0.3 is 0 Å². The highest BCUT2D eigenvalue weighted by atomic mass is 35.5. The molecule has 0 aromatic carbocycles. The van der Waals surface area contributed by atoms with Crippen molar-refractivity contribution in [3.63, 3.8) is 0 Å². The Balaban J connectivity index is 1.99. The number of nitrogens with one attached hydrogen (secondary N) is 1. The Bertz CT molecular complexity index is 552. The molecule has 20 heavy (non-hydrogen) atoms. The van der Waals surface area contributed by atoms with Gasteiger partial charge in [0.05, 0.1) is 16.4 Å². The van der Waals surface area contributed by atoms with E-state index in [0.29, 0.717) is 0 Å². The highest BCUT2D eigenvalue weighted by Crippen LogP contribution is 2.21. The van der Waals surface area contributed by atoms with Gasteiger partial charge >= 0.3 is 0 Å². The van der Waals surface area contributed by atoms with Crippen LogP contribution in [0, 0.1) is 6.92 Å². The van der Waals surface area contributed by atoms with Crippen LogP contribution in [0.5, 0.6) is 0 Å². The fraction of sp³-hybridized carbons (Fsp3) is 0.429. The number of hydrogen-bond acceptors (Lipinski definition) is 4. The van der Waals surface area contributed by atoms with Gasteiger partial charge in [-0.05, 0) is 37.5 Å². The zero-order valence-corrected chi connectivity index (χ0v) is 12.6. The molecule has 3 N–H and O–H groups in total. The summed E-state index contributed by atoms with van der Waals surface area (Å²) >= 11 is 6.27. The number of halogens is 1. The van der Waals surface area contributed by atoms with Crippen LogP contribution in [-0.2, 0) is 19.9 Å². The molecule has 0 saturated carbocycles. The number of aromatic nitrogens is 3. The number of nitrogens with two attached hydrogens (primary N) is 1. The highest BCUT2D eigenvalue weighted by Gasteiger charge is 2.16. The van der Waals surface area contributed by atoms with Crippen molar-refractivity contribution in [1.29, 1.82) is 0 Å². The molecule has 2 aromatic rings. The Morgan fingerprint density at radius 2 is 2.10 bits per heavy atom. The van der Waals surface area contributed by atoms with Gasteiger partial charge in [0.2, 0.25) is 0 Å². The molecule has 0 aliphatic carbocycles. The van der Waals surface area contributed by atoms with Gasteiger partial charge in [0.1, 0.15) is 0 Å². The fourth-order valence-electron chi connectivity index (χ4n) is 2.27. The van der Waals surface area contributed by atoms with E-state index in [4.69, 9.17) is 17.4 Å². The fourth-order valence-corrected chi connectivity index (χ4v) is 2.51. The molecule has 0 amide bonds. The normalized spacial score (nSPS) is 12.6. The molecular formula is C14H20ClN5. The molecule has 2 heterocycles. The summed E-state index contributed by atoms with van der Waals surface area (Å²) in [7, 11) is 1.91. The van der Waals surface area contributed by atoms with Crippen LogP contribution in [0.15, 0.2) is 24.5 Å². The van der Waals surface area contributed by atoms with E-state index in [0.717, 1.165) is 35.7 Å². The first-order valence-electron chi connectivity index (χ1n) is 6.64. The van der Waals surface area contributed by atoms with E-state index in [9.17, 15) is 0 Å². The molecule has 1 unspecified atom stereocenters. The minimum Gasteiger partial charge on any atom is -0.271 e. The maximum absolute atomic E-state index is 6.27. The smallest absolute Gasteiger partial charge is 0.0847 e. The molecule has 0 aliphatic heterocycles. The molecule has 6 heteroatoms. The van der Waals surface area contributed by atoms with Crippen LogP contribution in [0.3, 0.4) is 0 Å². The number of nitrogens with zero attached hydrogens (tertiary/aromatic N) is 3. The second kappa shape index (κ2) is 6.83. The number of rotatable bonds is 6. The van der Waals surface area contributed by atoms with E-state index in [-0.39, 0.29) is 6.04 Å². The van der Waals surface area contributed by atoms with Gasteiger partial charge in [-0.15, -0.1) is 0 Å². The lowest BCUT2D eigenvalue weighted by Gasteiger charge is -2.16. The molecule has 0 fully saturated rings. The SMILES string of the molecule is Cc1nn(C)c(CC(CCc2ccncc2)NN)c1Cl. The molecule has 0 spiro atoms. The lowest BCUT2D eigenvalue weighted by atomic mass is 10.0. The maximum Gasteiger partial charge on any atom is 0.0847 e. The quantitative estimate of drug-likeness (QED) is 0.629. The van der Waals surface area contributed by atoms with Crippen molar-refractivity contribution < 1.29 is 0 Å². The van der Waals surface area contributed by atoms with Gasteiger partial charge in [-0.3, -0.25) is 20.9 Å². The molecule has 0 radical (unpaired) electrons. The standard InChI is InChI=1S/C14H20ClN5/c1-10-14(15)13(20(2)19-10)9-12(18-16)4-3-11-5-7-17-8-6-11/h5-8,12,18H,3-4,9,16H2,1-2H3. The average Bonchev–Trinajstić information content (AvgIpc) is 2.70. The van der Waals surface area contributed by atoms with Crippen molar-refractivity contribution in [2.24, 2.45) is 12.9 Å². The van der Waals surface area contributed by atoms with Crippen molar-refractivity contribution in [2.45, 2.75) is 32.2 Å². The van der Waals surface area contributed by atoms with Crippen LogP contribution < -0.4 is 11.3 Å². The zero-order chi connectivity index (χ0) is 14.5.